The maximum absolute atomic E-state index is 4.45. The van der Waals surface area contributed by atoms with E-state index in [-0.39, 0.29) is 0 Å². The summed E-state index contributed by atoms with van der Waals surface area (Å²) in [6.07, 6.45) is 4.16. The second kappa shape index (κ2) is 3.81. The molecule has 1 aromatic rings. The normalized spacial score (nSPS) is 43.1. The van der Waals surface area contributed by atoms with E-state index < -0.39 is 0 Å². The Balaban J connectivity index is 1.76. The fourth-order valence-corrected chi connectivity index (χ4v) is 3.91. The zero-order valence-electron chi connectivity index (χ0n) is 12.4. The van der Waals surface area contributed by atoms with Crippen molar-refractivity contribution in [3.05, 3.63) is 41.3 Å². The van der Waals surface area contributed by atoms with Gasteiger partial charge in [-0.25, -0.2) is 0 Å². The lowest BCUT2D eigenvalue weighted by atomic mass is 9.90. The Morgan fingerprint density at radius 3 is 1.47 bits per heavy atom. The molecule has 102 valence electrons. The molecule has 0 heteroatoms. The molecule has 0 nitrogen and oxygen atoms in total. The Kier molecular flexibility index (Phi) is 2.38. The van der Waals surface area contributed by atoms with Gasteiger partial charge in [0.25, 0.3) is 0 Å². The van der Waals surface area contributed by atoms with Gasteiger partial charge in [0, 0.05) is 0 Å². The van der Waals surface area contributed by atoms with Gasteiger partial charge in [0.15, 0.2) is 0 Å². The van der Waals surface area contributed by atoms with Gasteiger partial charge in [0.1, 0.15) is 0 Å². The first-order valence-corrected chi connectivity index (χ1v) is 8.06. The van der Waals surface area contributed by atoms with Crippen LogP contribution in [0.15, 0.2) is 12.1 Å². The highest BCUT2D eigenvalue weighted by Crippen LogP contribution is 2.55. The van der Waals surface area contributed by atoms with Crippen molar-refractivity contribution in [3.63, 3.8) is 0 Å². The van der Waals surface area contributed by atoms with Gasteiger partial charge < -0.3 is 0 Å². The SMILES string of the molecule is [CH2-]c1c(C2CC2C)cc(C2CC2C)cc1C1CC1C. The Labute approximate surface area is 117 Å². The van der Waals surface area contributed by atoms with Crippen LogP contribution in [-0.4, -0.2) is 0 Å². The Morgan fingerprint density at radius 1 is 0.789 bits per heavy atom. The number of hydrogen-bond donors (Lipinski definition) is 0. The fraction of sp³-hybridized carbons (Fsp3) is 0.632. The van der Waals surface area contributed by atoms with Gasteiger partial charge >= 0.3 is 0 Å². The molecule has 0 bridgehead atoms. The second-order valence-corrected chi connectivity index (χ2v) is 7.64. The van der Waals surface area contributed by atoms with Gasteiger partial charge in [-0.1, -0.05) is 51.0 Å². The van der Waals surface area contributed by atoms with Crippen LogP contribution < -0.4 is 0 Å². The average molecular weight is 253 g/mol. The van der Waals surface area contributed by atoms with Gasteiger partial charge in [0.2, 0.25) is 0 Å². The van der Waals surface area contributed by atoms with Crippen LogP contribution in [0.3, 0.4) is 0 Å². The average Bonchev–Trinajstić information content (AvgIpc) is 3.25. The molecule has 19 heavy (non-hydrogen) atoms. The maximum atomic E-state index is 4.45. The summed E-state index contributed by atoms with van der Waals surface area (Å²) in [6.45, 7) is 11.6. The summed E-state index contributed by atoms with van der Waals surface area (Å²) in [7, 11) is 0. The van der Waals surface area contributed by atoms with E-state index in [1.165, 1.54) is 24.8 Å². The van der Waals surface area contributed by atoms with Crippen LogP contribution in [0, 0.1) is 24.7 Å². The minimum absolute atomic E-state index is 0.814. The smallest absolute Gasteiger partial charge is 0.0154 e. The van der Waals surface area contributed by atoms with E-state index in [1.54, 1.807) is 16.7 Å². The van der Waals surface area contributed by atoms with Gasteiger partial charge in [-0.05, 0) is 30.1 Å². The lowest BCUT2D eigenvalue weighted by molar-refractivity contribution is 0.870. The van der Waals surface area contributed by atoms with Crippen molar-refractivity contribution in [1.82, 2.24) is 0 Å². The van der Waals surface area contributed by atoms with Crippen LogP contribution in [0.1, 0.15) is 80.0 Å². The number of rotatable bonds is 3. The molecule has 6 unspecified atom stereocenters. The Hall–Kier alpha value is -0.910. The van der Waals surface area contributed by atoms with Gasteiger partial charge in [-0.2, -0.15) is 12.5 Å². The summed E-state index contributed by atoms with van der Waals surface area (Å²) in [5.74, 6) is 5.16. The van der Waals surface area contributed by atoms with E-state index in [2.05, 4.69) is 39.8 Å². The summed E-state index contributed by atoms with van der Waals surface area (Å²) in [6, 6.07) is 5.03. The fourth-order valence-electron chi connectivity index (χ4n) is 3.91. The molecule has 1 aromatic carbocycles. The summed E-state index contributed by atoms with van der Waals surface area (Å²) in [5, 5.41) is 0. The largest absolute Gasteiger partial charge is 0.198 e. The molecule has 0 saturated heterocycles. The predicted molar refractivity (Wildman–Crippen MR) is 80.5 cm³/mol. The van der Waals surface area contributed by atoms with Crippen molar-refractivity contribution in [2.75, 3.05) is 0 Å². The molecule has 3 aliphatic rings. The molecule has 0 radical (unpaired) electrons. The molecule has 3 saturated carbocycles. The summed E-state index contributed by atoms with van der Waals surface area (Å²) >= 11 is 0. The van der Waals surface area contributed by atoms with E-state index in [0.29, 0.717) is 0 Å². The minimum atomic E-state index is 0.814. The third kappa shape index (κ3) is 1.91. The first-order chi connectivity index (χ1) is 9.06. The van der Waals surface area contributed by atoms with Crippen molar-refractivity contribution in [3.8, 4) is 0 Å². The van der Waals surface area contributed by atoms with Crippen LogP contribution >= 0.6 is 0 Å². The lowest BCUT2D eigenvalue weighted by Gasteiger charge is -2.23. The molecule has 0 N–H and O–H groups in total. The highest BCUT2D eigenvalue weighted by atomic mass is 14.5. The third-order valence-corrected chi connectivity index (χ3v) is 5.90. The molecule has 6 atom stereocenters. The quantitative estimate of drug-likeness (QED) is 0.646. The number of benzene rings is 1. The van der Waals surface area contributed by atoms with Crippen LogP contribution in [-0.2, 0) is 0 Å². The standard InChI is InChI=1S/C19H25/c1-10-5-15(10)14-8-18(16-6-11(16)2)13(4)19(9-14)17-7-12(17)3/h8-12,15-17H,4-7H2,1-3H3/q-1. The van der Waals surface area contributed by atoms with E-state index in [1.807, 2.05) is 0 Å². The minimum Gasteiger partial charge on any atom is -0.198 e. The first-order valence-electron chi connectivity index (χ1n) is 8.06. The monoisotopic (exact) mass is 253 g/mol. The lowest BCUT2D eigenvalue weighted by Crippen LogP contribution is -1.98. The topological polar surface area (TPSA) is 0 Å². The second-order valence-electron chi connectivity index (χ2n) is 7.64. The van der Waals surface area contributed by atoms with Crippen molar-refractivity contribution in [1.29, 1.82) is 0 Å². The molecule has 0 amide bonds. The Bertz CT molecular complexity index is 490. The maximum Gasteiger partial charge on any atom is -0.0154 e. The van der Waals surface area contributed by atoms with Crippen molar-refractivity contribution >= 4 is 0 Å². The van der Waals surface area contributed by atoms with Crippen molar-refractivity contribution in [2.24, 2.45) is 17.8 Å². The van der Waals surface area contributed by atoms with Crippen LogP contribution in [0.25, 0.3) is 0 Å². The zero-order valence-corrected chi connectivity index (χ0v) is 12.4. The molecule has 0 aliphatic heterocycles. The molecule has 0 spiro atoms. The molecule has 4 rings (SSSR count). The van der Waals surface area contributed by atoms with E-state index in [4.69, 9.17) is 0 Å². The van der Waals surface area contributed by atoms with Crippen LogP contribution in [0.2, 0.25) is 0 Å². The van der Waals surface area contributed by atoms with E-state index in [9.17, 15) is 0 Å². The summed E-state index contributed by atoms with van der Waals surface area (Å²) < 4.78 is 0. The van der Waals surface area contributed by atoms with Crippen molar-refractivity contribution < 1.29 is 0 Å². The third-order valence-electron chi connectivity index (χ3n) is 5.90. The van der Waals surface area contributed by atoms with Crippen LogP contribution in [0.4, 0.5) is 0 Å². The van der Waals surface area contributed by atoms with Crippen LogP contribution in [0.5, 0.6) is 0 Å². The highest BCUT2D eigenvalue weighted by molar-refractivity contribution is 5.50. The number of hydrogen-bond acceptors (Lipinski definition) is 0. The van der Waals surface area contributed by atoms with E-state index >= 15 is 0 Å². The molecule has 0 aromatic heterocycles. The molecule has 3 fully saturated rings. The summed E-state index contributed by atoms with van der Waals surface area (Å²) in [4.78, 5) is 0. The zero-order chi connectivity index (χ0) is 13.3. The molecular formula is C19H25-. The van der Waals surface area contributed by atoms with Gasteiger partial charge in [-0.3, -0.25) is 0 Å². The molecule has 3 aliphatic carbocycles. The predicted octanol–water partition coefficient (Wildman–Crippen LogP) is 5.24. The molecular weight excluding hydrogens is 228 g/mol. The molecule has 0 heterocycles. The van der Waals surface area contributed by atoms with Crippen molar-refractivity contribution in [2.45, 2.75) is 57.8 Å². The van der Waals surface area contributed by atoms with E-state index in [0.717, 1.165) is 35.5 Å². The first kappa shape index (κ1) is 11.9. The highest BCUT2D eigenvalue weighted by Gasteiger charge is 2.38. The van der Waals surface area contributed by atoms with Gasteiger partial charge in [-0.15, -0.1) is 23.3 Å². The summed E-state index contributed by atoms with van der Waals surface area (Å²) in [5.41, 5.74) is 6.21. The Morgan fingerprint density at radius 2 is 1.16 bits per heavy atom. The van der Waals surface area contributed by atoms with Gasteiger partial charge in [0.05, 0.1) is 0 Å².